The fraction of sp³-hybridized carbons (Fsp3) is 0.462. The summed E-state index contributed by atoms with van der Waals surface area (Å²) in [4.78, 5) is 0. The summed E-state index contributed by atoms with van der Waals surface area (Å²) in [6.07, 6.45) is 10.1. The average Bonchev–Trinajstić information content (AvgIpc) is 2.69. The molecule has 3 rings (SSSR count). The average molecular weight is 379 g/mol. The standard InChI is InChI=1S/C26H31Cl/c1-3-4-5-6-21-13-16-24(17-14-21)25-18-15-23(19-26(25)27)12-11-22-9-7-20(2)8-10-22/h13-20,22H,3-10H2,1-2H3. The van der Waals surface area contributed by atoms with Crippen LogP contribution in [0.4, 0.5) is 0 Å². The van der Waals surface area contributed by atoms with E-state index < -0.39 is 0 Å². The molecule has 0 aromatic heterocycles. The molecule has 0 nitrogen and oxygen atoms in total. The molecule has 1 aliphatic carbocycles. The van der Waals surface area contributed by atoms with Crippen LogP contribution in [0.3, 0.4) is 0 Å². The second-order valence-electron chi connectivity index (χ2n) is 8.07. The van der Waals surface area contributed by atoms with Crippen LogP contribution in [0.15, 0.2) is 42.5 Å². The summed E-state index contributed by atoms with van der Waals surface area (Å²) in [5.41, 5.74) is 4.71. The third kappa shape index (κ3) is 5.88. The van der Waals surface area contributed by atoms with E-state index in [1.54, 1.807) is 0 Å². The molecule has 2 aromatic rings. The highest BCUT2D eigenvalue weighted by Gasteiger charge is 2.15. The van der Waals surface area contributed by atoms with Crippen molar-refractivity contribution < 1.29 is 0 Å². The molecule has 0 saturated heterocycles. The van der Waals surface area contributed by atoms with E-state index in [1.165, 1.54) is 56.1 Å². The SMILES string of the molecule is CCCCCc1ccc(-c2ccc(C#CC3CCC(C)CC3)cc2Cl)cc1. The van der Waals surface area contributed by atoms with E-state index in [4.69, 9.17) is 11.6 Å². The predicted octanol–water partition coefficient (Wildman–Crippen LogP) is 7.92. The minimum atomic E-state index is 0.555. The first kappa shape index (κ1) is 20.0. The van der Waals surface area contributed by atoms with Gasteiger partial charge in [0.15, 0.2) is 0 Å². The number of halogens is 1. The smallest absolute Gasteiger partial charge is 0.0496 e. The first-order chi connectivity index (χ1) is 13.2. The molecule has 1 fully saturated rings. The monoisotopic (exact) mass is 378 g/mol. The maximum Gasteiger partial charge on any atom is 0.0496 e. The molecule has 1 saturated carbocycles. The molecule has 1 aliphatic rings. The molecule has 1 heteroatoms. The van der Waals surface area contributed by atoms with Gasteiger partial charge in [-0.15, -0.1) is 0 Å². The lowest BCUT2D eigenvalue weighted by molar-refractivity contribution is 0.337. The zero-order valence-electron chi connectivity index (χ0n) is 16.7. The van der Waals surface area contributed by atoms with Gasteiger partial charge >= 0.3 is 0 Å². The fourth-order valence-corrected chi connectivity index (χ4v) is 4.14. The molecule has 0 atom stereocenters. The van der Waals surface area contributed by atoms with Crippen LogP contribution in [-0.4, -0.2) is 0 Å². The third-order valence-corrected chi connectivity index (χ3v) is 6.05. The Morgan fingerprint density at radius 3 is 2.37 bits per heavy atom. The fourth-order valence-electron chi connectivity index (χ4n) is 3.85. The summed E-state index contributed by atoms with van der Waals surface area (Å²) < 4.78 is 0. The number of benzene rings is 2. The van der Waals surface area contributed by atoms with Crippen molar-refractivity contribution in [1.29, 1.82) is 0 Å². The normalized spacial score (nSPS) is 19.4. The number of hydrogen-bond donors (Lipinski definition) is 0. The summed E-state index contributed by atoms with van der Waals surface area (Å²) >= 11 is 6.58. The number of hydrogen-bond acceptors (Lipinski definition) is 0. The lowest BCUT2D eigenvalue weighted by Crippen LogP contribution is -2.10. The van der Waals surface area contributed by atoms with Gasteiger partial charge in [0.25, 0.3) is 0 Å². The molecule has 0 bridgehead atoms. The van der Waals surface area contributed by atoms with Crippen LogP contribution in [-0.2, 0) is 6.42 Å². The van der Waals surface area contributed by atoms with Crippen molar-refractivity contribution in [2.24, 2.45) is 11.8 Å². The molecular weight excluding hydrogens is 348 g/mol. The highest BCUT2D eigenvalue weighted by molar-refractivity contribution is 6.33. The minimum absolute atomic E-state index is 0.555. The van der Waals surface area contributed by atoms with Crippen LogP contribution in [0, 0.1) is 23.7 Å². The Bertz CT molecular complexity index is 783. The molecule has 0 spiro atoms. The Balaban J connectivity index is 1.66. The summed E-state index contributed by atoms with van der Waals surface area (Å²) in [6.45, 7) is 4.59. The summed E-state index contributed by atoms with van der Waals surface area (Å²) in [5, 5.41) is 0.790. The molecule has 27 heavy (non-hydrogen) atoms. The topological polar surface area (TPSA) is 0 Å². The lowest BCUT2D eigenvalue weighted by atomic mass is 9.83. The molecule has 142 valence electrons. The molecule has 0 amide bonds. The van der Waals surface area contributed by atoms with E-state index in [9.17, 15) is 0 Å². The molecular formula is C26H31Cl. The van der Waals surface area contributed by atoms with Gasteiger partial charge in [0.2, 0.25) is 0 Å². The van der Waals surface area contributed by atoms with Gasteiger partial charge in [0.05, 0.1) is 0 Å². The van der Waals surface area contributed by atoms with Crippen LogP contribution in [0.2, 0.25) is 5.02 Å². The first-order valence-electron chi connectivity index (χ1n) is 10.6. The van der Waals surface area contributed by atoms with Crippen LogP contribution in [0.1, 0.15) is 69.9 Å². The molecule has 0 aliphatic heterocycles. The van der Waals surface area contributed by atoms with E-state index in [-0.39, 0.29) is 0 Å². The van der Waals surface area contributed by atoms with Crippen LogP contribution in [0.25, 0.3) is 11.1 Å². The van der Waals surface area contributed by atoms with Gasteiger partial charge < -0.3 is 0 Å². The second-order valence-corrected chi connectivity index (χ2v) is 8.48. The van der Waals surface area contributed by atoms with E-state index in [0.717, 1.165) is 28.5 Å². The van der Waals surface area contributed by atoms with Crippen LogP contribution < -0.4 is 0 Å². The molecule has 0 radical (unpaired) electrons. The quantitative estimate of drug-likeness (QED) is 0.366. The van der Waals surface area contributed by atoms with Crippen molar-refractivity contribution >= 4 is 11.6 Å². The molecule has 0 unspecified atom stereocenters. The Hall–Kier alpha value is -1.71. The molecule has 2 aromatic carbocycles. The van der Waals surface area contributed by atoms with E-state index in [1.807, 2.05) is 6.07 Å². The number of unbranched alkanes of at least 4 members (excludes halogenated alkanes) is 2. The van der Waals surface area contributed by atoms with E-state index in [2.05, 4.69) is 62.1 Å². The maximum atomic E-state index is 6.58. The summed E-state index contributed by atoms with van der Waals surface area (Å²) in [6, 6.07) is 15.1. The summed E-state index contributed by atoms with van der Waals surface area (Å²) in [7, 11) is 0. The van der Waals surface area contributed by atoms with Gasteiger partial charge in [0, 0.05) is 22.1 Å². The Morgan fingerprint density at radius 2 is 1.70 bits per heavy atom. The highest BCUT2D eigenvalue weighted by atomic mass is 35.5. The van der Waals surface area contributed by atoms with Crippen molar-refractivity contribution in [2.45, 2.75) is 65.2 Å². The highest BCUT2D eigenvalue weighted by Crippen LogP contribution is 2.30. The number of aryl methyl sites for hydroxylation is 1. The zero-order valence-corrected chi connectivity index (χ0v) is 17.5. The maximum absolute atomic E-state index is 6.58. The van der Waals surface area contributed by atoms with Crippen molar-refractivity contribution in [3.63, 3.8) is 0 Å². The summed E-state index contributed by atoms with van der Waals surface area (Å²) in [5.74, 6) is 8.25. The van der Waals surface area contributed by atoms with Crippen molar-refractivity contribution in [2.75, 3.05) is 0 Å². The molecule has 0 N–H and O–H groups in total. The van der Waals surface area contributed by atoms with Gasteiger partial charge in [0.1, 0.15) is 0 Å². The van der Waals surface area contributed by atoms with Gasteiger partial charge in [-0.2, -0.15) is 0 Å². The van der Waals surface area contributed by atoms with E-state index >= 15 is 0 Å². The van der Waals surface area contributed by atoms with Gasteiger partial charge in [-0.25, -0.2) is 0 Å². The van der Waals surface area contributed by atoms with Crippen LogP contribution >= 0.6 is 11.6 Å². The number of rotatable bonds is 5. The van der Waals surface area contributed by atoms with Crippen molar-refractivity contribution in [1.82, 2.24) is 0 Å². The van der Waals surface area contributed by atoms with E-state index in [0.29, 0.717) is 5.92 Å². The molecule has 0 heterocycles. The van der Waals surface area contributed by atoms with Gasteiger partial charge in [-0.3, -0.25) is 0 Å². The van der Waals surface area contributed by atoms with Crippen molar-refractivity contribution in [3.05, 3.63) is 58.6 Å². The Kier molecular flexibility index (Phi) is 7.42. The Morgan fingerprint density at radius 1 is 0.963 bits per heavy atom. The van der Waals surface area contributed by atoms with Gasteiger partial charge in [-0.1, -0.05) is 80.5 Å². The van der Waals surface area contributed by atoms with Crippen molar-refractivity contribution in [3.8, 4) is 23.0 Å². The minimum Gasteiger partial charge on any atom is -0.0945 e. The van der Waals surface area contributed by atoms with Gasteiger partial charge in [-0.05, 0) is 67.7 Å². The third-order valence-electron chi connectivity index (χ3n) is 5.74. The first-order valence-corrected chi connectivity index (χ1v) is 10.9. The zero-order chi connectivity index (χ0) is 19.1. The second kappa shape index (κ2) is 10.0. The predicted molar refractivity (Wildman–Crippen MR) is 118 cm³/mol. The lowest BCUT2D eigenvalue weighted by Gasteiger charge is -2.21. The van der Waals surface area contributed by atoms with Crippen LogP contribution in [0.5, 0.6) is 0 Å². The largest absolute Gasteiger partial charge is 0.0945 e. The Labute approximate surface area is 170 Å².